The van der Waals surface area contributed by atoms with E-state index in [0.29, 0.717) is 27.1 Å². The molecule has 0 aromatic rings. The first-order chi connectivity index (χ1) is 16.5. The maximum atomic E-state index is 12.8. The van der Waals surface area contributed by atoms with E-state index in [2.05, 4.69) is 70.5 Å². The molecule has 0 aromatic heterocycles. The van der Waals surface area contributed by atoms with Gasteiger partial charge in [0, 0.05) is 5.25 Å². The second-order valence-corrected chi connectivity index (χ2v) is 16.5. The highest BCUT2D eigenvalue weighted by Crippen LogP contribution is 2.67. The van der Waals surface area contributed by atoms with Crippen LogP contribution in [-0.4, -0.2) is 15.2 Å². The number of hydrogen-bond donors (Lipinski definition) is 0. The van der Waals surface area contributed by atoms with Crippen LogP contribution >= 0.6 is 27.7 Å². The number of fused-ring (bicyclic) bond motifs is 5. The van der Waals surface area contributed by atoms with Gasteiger partial charge in [-0.25, -0.2) is 0 Å². The molecule has 0 bridgehead atoms. The second kappa shape index (κ2) is 11.2. The normalized spacial score (nSPS) is 40.6. The van der Waals surface area contributed by atoms with Gasteiger partial charge in [0.2, 0.25) is 5.12 Å². The Bertz CT molecular complexity index is 788. The molecule has 3 heteroatoms. The van der Waals surface area contributed by atoms with Crippen molar-refractivity contribution in [2.45, 2.75) is 129 Å². The first kappa shape index (κ1) is 28.3. The smallest absolute Gasteiger partial charge is 0.203 e. The van der Waals surface area contributed by atoms with Crippen LogP contribution in [0.5, 0.6) is 0 Å². The molecule has 0 N–H and O–H groups in total. The van der Waals surface area contributed by atoms with Crippen molar-refractivity contribution >= 4 is 32.8 Å². The van der Waals surface area contributed by atoms with Crippen molar-refractivity contribution < 1.29 is 4.79 Å². The average Bonchev–Trinajstić information content (AvgIpc) is 3.15. The van der Waals surface area contributed by atoms with Crippen molar-refractivity contribution in [3.63, 3.8) is 0 Å². The Morgan fingerprint density at radius 3 is 2.46 bits per heavy atom. The molecule has 0 saturated heterocycles. The summed E-state index contributed by atoms with van der Waals surface area (Å²) >= 11 is 5.28. The van der Waals surface area contributed by atoms with Gasteiger partial charge in [0.1, 0.15) is 0 Å². The molecule has 4 aliphatic rings. The molecule has 200 valence electrons. The number of alkyl halides is 1. The number of allylic oxidation sites excluding steroid dienone is 2. The highest BCUT2D eigenvalue weighted by atomic mass is 79.9. The zero-order chi connectivity index (χ0) is 25.5. The second-order valence-electron chi connectivity index (χ2n) is 14.2. The van der Waals surface area contributed by atoms with E-state index < -0.39 is 0 Å². The molecule has 9 atom stereocenters. The number of hydrogen-bond acceptors (Lipinski definition) is 2. The Balaban J connectivity index is 1.43. The van der Waals surface area contributed by atoms with Crippen LogP contribution in [0, 0.1) is 52.3 Å². The summed E-state index contributed by atoms with van der Waals surface area (Å²) in [5, 5.41) is 0.824. The number of thioether (sulfide) groups is 1. The van der Waals surface area contributed by atoms with Gasteiger partial charge in [0.15, 0.2) is 0 Å². The Labute approximate surface area is 229 Å². The lowest BCUT2D eigenvalue weighted by molar-refractivity contribution is -0.111. The molecule has 4 aliphatic carbocycles. The molecule has 35 heavy (non-hydrogen) atoms. The fourth-order valence-electron chi connectivity index (χ4n) is 9.25. The highest BCUT2D eigenvalue weighted by molar-refractivity contribution is 9.10. The monoisotopic (exact) mass is 564 g/mol. The Hall–Kier alpha value is 0.240. The third-order valence-corrected chi connectivity index (χ3v) is 14.4. The lowest BCUT2D eigenvalue weighted by atomic mass is 9.47. The lowest BCUT2D eigenvalue weighted by Crippen LogP contribution is -2.50. The molecule has 0 spiro atoms. The van der Waals surface area contributed by atoms with E-state index >= 15 is 0 Å². The van der Waals surface area contributed by atoms with Crippen molar-refractivity contribution in [3.8, 4) is 0 Å². The van der Waals surface area contributed by atoms with Crippen LogP contribution < -0.4 is 0 Å². The minimum Gasteiger partial charge on any atom is -0.286 e. The fourth-order valence-corrected chi connectivity index (χ4v) is 10.8. The van der Waals surface area contributed by atoms with Crippen molar-refractivity contribution in [2.75, 3.05) is 0 Å². The van der Waals surface area contributed by atoms with E-state index in [1.807, 2.05) is 0 Å². The molecule has 3 fully saturated rings. The molecule has 0 aliphatic heterocycles. The molecule has 4 rings (SSSR count). The summed E-state index contributed by atoms with van der Waals surface area (Å²) in [5.41, 5.74) is 2.67. The maximum Gasteiger partial charge on any atom is 0.203 e. The van der Waals surface area contributed by atoms with Crippen LogP contribution in [0.25, 0.3) is 0 Å². The molecule has 0 amide bonds. The third-order valence-electron chi connectivity index (χ3n) is 11.4. The van der Waals surface area contributed by atoms with Crippen molar-refractivity contribution in [1.82, 2.24) is 0 Å². The molecular weight excluding hydrogens is 512 g/mol. The average molecular weight is 566 g/mol. The van der Waals surface area contributed by atoms with E-state index in [4.69, 9.17) is 0 Å². The summed E-state index contributed by atoms with van der Waals surface area (Å²) in [4.78, 5) is 12.8. The lowest BCUT2D eigenvalue weighted by Gasteiger charge is -2.58. The largest absolute Gasteiger partial charge is 0.286 e. The predicted octanol–water partition coefficient (Wildman–Crippen LogP) is 10.1. The van der Waals surface area contributed by atoms with Crippen LogP contribution in [0.3, 0.4) is 0 Å². The summed E-state index contributed by atoms with van der Waals surface area (Å²) in [5.74, 6) is 5.74. The highest BCUT2D eigenvalue weighted by Gasteiger charge is 2.59. The van der Waals surface area contributed by atoms with E-state index in [1.165, 1.54) is 64.2 Å². The van der Waals surface area contributed by atoms with Crippen LogP contribution in [0.1, 0.15) is 119 Å². The summed E-state index contributed by atoms with van der Waals surface area (Å²) in [6.07, 6.45) is 17.7. The number of carbonyl (C=O) groups is 1. The topological polar surface area (TPSA) is 17.1 Å². The summed E-state index contributed by atoms with van der Waals surface area (Å²) in [6, 6.07) is 0. The minimum absolute atomic E-state index is 0.00961. The summed E-state index contributed by atoms with van der Waals surface area (Å²) < 4.78 is 0. The molecule has 0 unspecified atom stereocenters. The van der Waals surface area contributed by atoms with E-state index in [1.54, 1.807) is 17.3 Å². The molecule has 0 heterocycles. The van der Waals surface area contributed by atoms with Gasteiger partial charge < -0.3 is 0 Å². The van der Waals surface area contributed by atoms with Crippen molar-refractivity contribution in [3.05, 3.63) is 11.6 Å². The van der Waals surface area contributed by atoms with Gasteiger partial charge in [-0.3, -0.25) is 4.79 Å². The van der Waals surface area contributed by atoms with Gasteiger partial charge in [-0.05, 0) is 104 Å². The number of rotatable bonds is 8. The van der Waals surface area contributed by atoms with Gasteiger partial charge >= 0.3 is 0 Å². The quantitative estimate of drug-likeness (QED) is 0.215. The molecule has 0 aromatic carbocycles. The SMILES string of the molecule is CC(C)CCC[C@@H](C)[C@@H]1CC[C@H]2[C@H]3CC=C4C[C@@H](SC(=O)[C@H](Br)C(C)C)CC[C@]4(C)[C@@H]3CC[C@@]21C. The Morgan fingerprint density at radius 2 is 1.77 bits per heavy atom. The van der Waals surface area contributed by atoms with Crippen LogP contribution in [0.2, 0.25) is 0 Å². The summed E-state index contributed by atoms with van der Waals surface area (Å²) in [6.45, 7) is 16.9. The van der Waals surface area contributed by atoms with Gasteiger partial charge in [0.05, 0.1) is 4.83 Å². The standard InChI is InChI=1S/C32H53BrOS/c1-20(2)9-8-10-22(5)26-13-14-27-25-12-11-23-19-24(35-30(34)29(33)21(3)4)15-17-31(23,6)28(25)16-18-32(26,27)7/h11,20-22,24-29H,8-10,12-19H2,1-7H3/t22-,24+,25-,26+,27+,28-,29-,31+,32-/m1/s1. The molecule has 0 radical (unpaired) electrons. The minimum atomic E-state index is -0.00961. The third kappa shape index (κ3) is 5.53. The Morgan fingerprint density at radius 1 is 1.03 bits per heavy atom. The van der Waals surface area contributed by atoms with Gasteiger partial charge in [-0.15, -0.1) is 0 Å². The van der Waals surface area contributed by atoms with Crippen LogP contribution in [-0.2, 0) is 4.79 Å². The maximum absolute atomic E-state index is 12.8. The molecular formula is C32H53BrOS. The van der Waals surface area contributed by atoms with Crippen LogP contribution in [0.15, 0.2) is 11.6 Å². The van der Waals surface area contributed by atoms with Gasteiger partial charge in [-0.1, -0.05) is 107 Å². The first-order valence-electron chi connectivity index (χ1n) is 15.0. The van der Waals surface area contributed by atoms with E-state index in [-0.39, 0.29) is 4.83 Å². The van der Waals surface area contributed by atoms with E-state index in [0.717, 1.165) is 41.9 Å². The Kier molecular flexibility index (Phi) is 9.00. The van der Waals surface area contributed by atoms with Gasteiger partial charge in [-0.2, -0.15) is 0 Å². The van der Waals surface area contributed by atoms with Crippen molar-refractivity contribution in [2.24, 2.45) is 52.3 Å². The molecule has 3 saturated carbocycles. The fraction of sp³-hybridized carbons (Fsp3) is 0.906. The number of halogens is 1. The van der Waals surface area contributed by atoms with E-state index in [9.17, 15) is 4.79 Å². The predicted molar refractivity (Wildman–Crippen MR) is 157 cm³/mol. The van der Waals surface area contributed by atoms with Crippen LogP contribution in [0.4, 0.5) is 0 Å². The summed E-state index contributed by atoms with van der Waals surface area (Å²) in [7, 11) is 0. The number of carbonyl (C=O) groups excluding carboxylic acids is 1. The van der Waals surface area contributed by atoms with Gasteiger partial charge in [0.25, 0.3) is 0 Å². The zero-order valence-electron chi connectivity index (χ0n) is 23.7. The first-order valence-corrected chi connectivity index (χ1v) is 16.8. The molecule has 1 nitrogen and oxygen atoms in total. The van der Waals surface area contributed by atoms with Crippen molar-refractivity contribution in [1.29, 1.82) is 0 Å². The zero-order valence-corrected chi connectivity index (χ0v) is 26.1.